The maximum atomic E-state index is 12.7. The fraction of sp³-hybridized carbons (Fsp3) is 0.679. The summed E-state index contributed by atoms with van der Waals surface area (Å²) in [6, 6.07) is 0. The average Bonchev–Trinajstić information content (AvgIpc) is 3.23. The molecule has 0 aromatic rings. The first-order valence-electron chi connectivity index (χ1n) is 24.2. The zero-order valence-electron chi connectivity index (χ0n) is 38.2. The lowest BCUT2D eigenvalue weighted by molar-refractivity contribution is -0.167. The third kappa shape index (κ3) is 45.5. The third-order valence-electron chi connectivity index (χ3n) is 9.99. The Morgan fingerprint density at radius 2 is 0.678 bits per heavy atom. The number of rotatable bonds is 42. The van der Waals surface area contributed by atoms with Crippen LogP contribution in [0.25, 0.3) is 0 Å². The van der Waals surface area contributed by atoms with Crippen LogP contribution in [0.2, 0.25) is 0 Å². The Balaban J connectivity index is 4.45. The number of carbonyl (C=O) groups is 3. The van der Waals surface area contributed by atoms with Crippen molar-refractivity contribution in [3.63, 3.8) is 0 Å². The molecule has 336 valence electrons. The molecule has 0 bridgehead atoms. The van der Waals surface area contributed by atoms with Crippen LogP contribution in [0, 0.1) is 0 Å². The Morgan fingerprint density at radius 3 is 1.07 bits per heavy atom. The van der Waals surface area contributed by atoms with Gasteiger partial charge in [-0.25, -0.2) is 0 Å². The van der Waals surface area contributed by atoms with E-state index >= 15 is 0 Å². The lowest BCUT2D eigenvalue weighted by Gasteiger charge is -2.18. The van der Waals surface area contributed by atoms with Gasteiger partial charge in [0.25, 0.3) is 0 Å². The summed E-state index contributed by atoms with van der Waals surface area (Å²) in [5.74, 6) is -0.946. The van der Waals surface area contributed by atoms with E-state index in [9.17, 15) is 14.4 Å². The number of esters is 3. The smallest absolute Gasteiger partial charge is 0.306 e. The van der Waals surface area contributed by atoms with Crippen molar-refractivity contribution < 1.29 is 28.6 Å². The summed E-state index contributed by atoms with van der Waals surface area (Å²) in [5, 5.41) is 0. The second-order valence-electron chi connectivity index (χ2n) is 15.7. The molecule has 0 aliphatic heterocycles. The number of allylic oxidation sites excluding steroid dienone is 14. The van der Waals surface area contributed by atoms with Gasteiger partial charge < -0.3 is 14.2 Å². The van der Waals surface area contributed by atoms with Gasteiger partial charge in [-0.05, 0) is 83.5 Å². The number of ether oxygens (including phenoxy) is 3. The van der Waals surface area contributed by atoms with Gasteiger partial charge in [0.05, 0.1) is 0 Å². The summed E-state index contributed by atoms with van der Waals surface area (Å²) in [7, 11) is 0. The van der Waals surface area contributed by atoms with E-state index in [0.29, 0.717) is 19.3 Å². The maximum Gasteiger partial charge on any atom is 0.306 e. The fourth-order valence-corrected chi connectivity index (χ4v) is 6.38. The first-order valence-corrected chi connectivity index (χ1v) is 24.2. The van der Waals surface area contributed by atoms with Crippen LogP contribution in [0.5, 0.6) is 0 Å². The second kappa shape index (κ2) is 47.3. The van der Waals surface area contributed by atoms with Crippen molar-refractivity contribution in [3.8, 4) is 0 Å². The van der Waals surface area contributed by atoms with E-state index in [1.807, 2.05) is 0 Å². The summed E-state index contributed by atoms with van der Waals surface area (Å²) in [4.78, 5) is 37.9. The number of hydrogen-bond donors (Lipinski definition) is 0. The normalized spacial score (nSPS) is 12.8. The molecule has 59 heavy (non-hydrogen) atoms. The van der Waals surface area contributed by atoms with Crippen LogP contribution >= 0.6 is 0 Å². The summed E-state index contributed by atoms with van der Waals surface area (Å²) in [6.45, 7) is 6.31. The standard InChI is InChI=1S/C53H88O6/c1-4-7-10-13-16-19-22-25-26-29-31-34-37-40-43-46-52(55)58-49-50(59-53(56)47-44-41-38-35-32-28-24-21-18-15-12-9-6-3)48-57-51(54)45-42-39-36-33-30-27-23-20-17-14-11-8-5-2/h8-9,11-12,14-15,17-24,50H,4-7,10,13,16,25-49H2,1-3H3/b11-8+,12-9+,17-14+,18-15+,22-19+,23-20+,24-21+. The van der Waals surface area contributed by atoms with Crippen molar-refractivity contribution in [2.75, 3.05) is 13.2 Å². The molecule has 0 saturated heterocycles. The van der Waals surface area contributed by atoms with Gasteiger partial charge in [0, 0.05) is 19.3 Å². The van der Waals surface area contributed by atoms with Crippen LogP contribution in [-0.4, -0.2) is 37.2 Å². The molecular weight excluding hydrogens is 733 g/mol. The Kier molecular flexibility index (Phi) is 44.5. The molecule has 0 aromatic carbocycles. The molecule has 0 amide bonds. The Hall–Kier alpha value is -3.41. The van der Waals surface area contributed by atoms with Gasteiger partial charge in [0.15, 0.2) is 6.10 Å². The molecule has 6 nitrogen and oxygen atoms in total. The predicted molar refractivity (Wildman–Crippen MR) is 251 cm³/mol. The summed E-state index contributed by atoms with van der Waals surface area (Å²) >= 11 is 0. The molecule has 1 unspecified atom stereocenters. The van der Waals surface area contributed by atoms with E-state index in [-0.39, 0.29) is 31.1 Å². The SMILES string of the molecule is CC/C=C/C=C/C=C/CCCCCCCC(=O)OCC(COC(=O)CCCCCCCCC/C=C/CCCCCC)OC(=O)CCCCCCC/C=C/C=C/C=C/CC. The molecule has 0 spiro atoms. The molecule has 0 aliphatic rings. The molecule has 0 aromatic heterocycles. The highest BCUT2D eigenvalue weighted by molar-refractivity contribution is 5.71. The van der Waals surface area contributed by atoms with E-state index in [1.165, 1.54) is 64.2 Å². The van der Waals surface area contributed by atoms with E-state index < -0.39 is 6.10 Å². The van der Waals surface area contributed by atoms with Crippen molar-refractivity contribution in [2.24, 2.45) is 0 Å². The van der Waals surface area contributed by atoms with Crippen molar-refractivity contribution in [1.82, 2.24) is 0 Å². The Morgan fingerprint density at radius 1 is 0.356 bits per heavy atom. The van der Waals surface area contributed by atoms with Gasteiger partial charge in [-0.15, -0.1) is 0 Å². The van der Waals surface area contributed by atoms with Crippen LogP contribution in [0.3, 0.4) is 0 Å². The minimum absolute atomic E-state index is 0.0949. The van der Waals surface area contributed by atoms with Crippen molar-refractivity contribution in [2.45, 2.75) is 219 Å². The first-order chi connectivity index (χ1) is 29.0. The topological polar surface area (TPSA) is 78.9 Å². The summed E-state index contributed by atoms with van der Waals surface area (Å²) in [6.07, 6.45) is 59.9. The molecule has 0 rings (SSSR count). The zero-order chi connectivity index (χ0) is 43.0. The Bertz CT molecular complexity index is 1170. The molecule has 0 radical (unpaired) electrons. The van der Waals surface area contributed by atoms with Crippen LogP contribution in [0.15, 0.2) is 85.1 Å². The molecule has 0 heterocycles. The predicted octanol–water partition coefficient (Wildman–Crippen LogP) is 15.6. The van der Waals surface area contributed by atoms with Crippen LogP contribution in [-0.2, 0) is 28.6 Å². The highest BCUT2D eigenvalue weighted by Gasteiger charge is 2.19. The zero-order valence-corrected chi connectivity index (χ0v) is 38.2. The minimum atomic E-state index is -0.796. The average molecular weight is 821 g/mol. The largest absolute Gasteiger partial charge is 0.462 e. The highest BCUT2D eigenvalue weighted by Crippen LogP contribution is 2.14. The molecule has 0 N–H and O–H groups in total. The highest BCUT2D eigenvalue weighted by atomic mass is 16.6. The number of carbonyl (C=O) groups excluding carboxylic acids is 3. The fourth-order valence-electron chi connectivity index (χ4n) is 6.38. The van der Waals surface area contributed by atoms with Gasteiger partial charge in [-0.3, -0.25) is 14.4 Å². The molecule has 6 heteroatoms. The van der Waals surface area contributed by atoms with E-state index in [0.717, 1.165) is 109 Å². The summed E-state index contributed by atoms with van der Waals surface area (Å²) < 4.78 is 16.7. The molecular formula is C53H88O6. The van der Waals surface area contributed by atoms with Gasteiger partial charge in [-0.1, -0.05) is 196 Å². The number of hydrogen-bond acceptors (Lipinski definition) is 6. The van der Waals surface area contributed by atoms with Crippen LogP contribution in [0.1, 0.15) is 213 Å². The van der Waals surface area contributed by atoms with Gasteiger partial charge >= 0.3 is 17.9 Å². The lowest BCUT2D eigenvalue weighted by atomic mass is 10.1. The molecule has 1 atom stereocenters. The van der Waals surface area contributed by atoms with Gasteiger partial charge in [-0.2, -0.15) is 0 Å². The molecule has 0 aliphatic carbocycles. The quantitative estimate of drug-likeness (QED) is 0.0201. The van der Waals surface area contributed by atoms with Gasteiger partial charge in [0.1, 0.15) is 13.2 Å². The maximum absolute atomic E-state index is 12.7. The third-order valence-corrected chi connectivity index (χ3v) is 9.99. The molecule has 0 fully saturated rings. The number of unbranched alkanes of at least 4 members (excludes halogenated alkanes) is 21. The van der Waals surface area contributed by atoms with Crippen molar-refractivity contribution in [3.05, 3.63) is 85.1 Å². The molecule has 0 saturated carbocycles. The van der Waals surface area contributed by atoms with E-state index in [1.54, 1.807) is 0 Å². The van der Waals surface area contributed by atoms with Crippen LogP contribution < -0.4 is 0 Å². The first kappa shape index (κ1) is 55.6. The van der Waals surface area contributed by atoms with E-state index in [4.69, 9.17) is 14.2 Å². The van der Waals surface area contributed by atoms with E-state index in [2.05, 4.69) is 106 Å². The summed E-state index contributed by atoms with van der Waals surface area (Å²) in [5.41, 5.74) is 0. The van der Waals surface area contributed by atoms with Gasteiger partial charge in [0.2, 0.25) is 0 Å². The Labute approximate surface area is 363 Å². The van der Waals surface area contributed by atoms with Crippen molar-refractivity contribution in [1.29, 1.82) is 0 Å². The lowest BCUT2D eigenvalue weighted by Crippen LogP contribution is -2.30. The minimum Gasteiger partial charge on any atom is -0.462 e. The monoisotopic (exact) mass is 821 g/mol. The van der Waals surface area contributed by atoms with Crippen LogP contribution in [0.4, 0.5) is 0 Å². The second-order valence-corrected chi connectivity index (χ2v) is 15.7. The van der Waals surface area contributed by atoms with Crippen molar-refractivity contribution >= 4 is 17.9 Å².